The Labute approximate surface area is 160 Å². The summed E-state index contributed by atoms with van der Waals surface area (Å²) in [4.78, 5) is 0.134. The molecule has 27 heavy (non-hydrogen) atoms. The fourth-order valence-electron chi connectivity index (χ4n) is 2.69. The molecule has 5 nitrogen and oxygen atoms in total. The highest BCUT2D eigenvalue weighted by molar-refractivity contribution is 7.92. The lowest BCUT2D eigenvalue weighted by atomic mass is 9.78. The molecule has 3 rings (SSSR count). The topological polar surface area (TPSA) is 64.6 Å². The molecule has 1 heterocycles. The molecule has 0 amide bonds. The number of hydrogen-bond donors (Lipinski definition) is 1. The highest BCUT2D eigenvalue weighted by Gasteiger charge is 2.52. The Hall–Kier alpha value is -1.90. The van der Waals surface area contributed by atoms with Crippen molar-refractivity contribution in [2.24, 2.45) is 0 Å². The van der Waals surface area contributed by atoms with E-state index in [4.69, 9.17) is 9.31 Å². The SMILES string of the molecule is Cc1ccc(S(=O)(=O)Nc2ccc(F)c(B3OC(C)(C)C(C)(C)O3)c2)cc1. The summed E-state index contributed by atoms with van der Waals surface area (Å²) in [5.74, 6) is -0.521. The fraction of sp³-hybridized carbons (Fsp3) is 0.368. The number of halogens is 1. The third-order valence-electron chi connectivity index (χ3n) is 5.09. The Morgan fingerprint density at radius 3 is 2.07 bits per heavy atom. The van der Waals surface area contributed by atoms with Gasteiger partial charge in [0.15, 0.2) is 0 Å². The molecule has 0 spiro atoms. The number of aryl methyl sites for hydroxylation is 1. The van der Waals surface area contributed by atoms with Crippen LogP contribution in [0.2, 0.25) is 0 Å². The van der Waals surface area contributed by atoms with Gasteiger partial charge in [-0.05, 0) is 65.0 Å². The molecule has 0 atom stereocenters. The van der Waals surface area contributed by atoms with E-state index >= 15 is 0 Å². The third kappa shape index (κ3) is 3.88. The second-order valence-electron chi connectivity index (χ2n) is 7.74. The molecule has 0 saturated carbocycles. The predicted octanol–water partition coefficient (Wildman–Crippen LogP) is 3.23. The summed E-state index contributed by atoms with van der Waals surface area (Å²) < 4.78 is 53.8. The predicted molar refractivity (Wildman–Crippen MR) is 104 cm³/mol. The first-order valence-electron chi connectivity index (χ1n) is 8.66. The number of hydrogen-bond acceptors (Lipinski definition) is 4. The van der Waals surface area contributed by atoms with Crippen LogP contribution in [0.25, 0.3) is 0 Å². The molecular weight excluding hydrogens is 368 g/mol. The van der Waals surface area contributed by atoms with E-state index in [0.717, 1.165) is 5.56 Å². The molecule has 2 aromatic carbocycles. The lowest BCUT2D eigenvalue weighted by Gasteiger charge is -2.32. The van der Waals surface area contributed by atoms with Crippen LogP contribution in [0.5, 0.6) is 0 Å². The van der Waals surface area contributed by atoms with Gasteiger partial charge >= 0.3 is 7.12 Å². The average Bonchev–Trinajstić information content (AvgIpc) is 2.77. The molecule has 0 unspecified atom stereocenters. The Morgan fingerprint density at radius 2 is 1.52 bits per heavy atom. The van der Waals surface area contributed by atoms with Gasteiger partial charge in [0.05, 0.1) is 16.1 Å². The Kier molecular flexibility index (Phi) is 4.86. The summed E-state index contributed by atoms with van der Waals surface area (Å²) in [7, 11) is -4.70. The average molecular weight is 391 g/mol. The summed E-state index contributed by atoms with van der Waals surface area (Å²) in [5, 5.41) is 0. The van der Waals surface area contributed by atoms with Gasteiger partial charge in [0.2, 0.25) is 0 Å². The minimum Gasteiger partial charge on any atom is -0.399 e. The van der Waals surface area contributed by atoms with Crippen molar-refractivity contribution >= 4 is 28.3 Å². The molecule has 1 saturated heterocycles. The first kappa shape index (κ1) is 19.9. The van der Waals surface area contributed by atoms with E-state index in [-0.39, 0.29) is 16.0 Å². The Bertz CT molecular complexity index is 942. The van der Waals surface area contributed by atoms with Gasteiger partial charge in [-0.2, -0.15) is 0 Å². The summed E-state index contributed by atoms with van der Waals surface area (Å²) in [6, 6.07) is 10.5. The van der Waals surface area contributed by atoms with Gasteiger partial charge in [0, 0.05) is 11.2 Å². The largest absolute Gasteiger partial charge is 0.497 e. The highest BCUT2D eigenvalue weighted by atomic mass is 32.2. The van der Waals surface area contributed by atoms with Crippen LogP contribution in [0.15, 0.2) is 47.4 Å². The Morgan fingerprint density at radius 1 is 0.963 bits per heavy atom. The Balaban J connectivity index is 1.89. The van der Waals surface area contributed by atoms with Gasteiger partial charge in [-0.1, -0.05) is 17.7 Å². The van der Waals surface area contributed by atoms with Crippen LogP contribution in [0.3, 0.4) is 0 Å². The van der Waals surface area contributed by atoms with E-state index in [1.54, 1.807) is 12.1 Å². The molecule has 2 aromatic rings. The quantitative estimate of drug-likeness (QED) is 0.813. The van der Waals surface area contributed by atoms with Crippen molar-refractivity contribution in [1.82, 2.24) is 0 Å². The number of benzene rings is 2. The first-order chi connectivity index (χ1) is 12.4. The maximum atomic E-state index is 14.4. The summed E-state index contributed by atoms with van der Waals surface area (Å²) in [6.45, 7) is 9.36. The molecule has 1 aliphatic heterocycles. The second-order valence-corrected chi connectivity index (χ2v) is 9.43. The number of anilines is 1. The van der Waals surface area contributed by atoms with Crippen LogP contribution in [-0.4, -0.2) is 26.7 Å². The van der Waals surface area contributed by atoms with E-state index in [0.29, 0.717) is 0 Å². The van der Waals surface area contributed by atoms with Crippen molar-refractivity contribution in [3.63, 3.8) is 0 Å². The lowest BCUT2D eigenvalue weighted by Crippen LogP contribution is -2.41. The first-order valence-corrected chi connectivity index (χ1v) is 10.1. The van der Waals surface area contributed by atoms with E-state index in [2.05, 4.69) is 4.72 Å². The molecule has 0 aliphatic carbocycles. The maximum absolute atomic E-state index is 14.4. The van der Waals surface area contributed by atoms with Gasteiger partial charge in [-0.3, -0.25) is 4.72 Å². The second kappa shape index (κ2) is 6.62. The van der Waals surface area contributed by atoms with Crippen LogP contribution in [-0.2, 0) is 19.3 Å². The van der Waals surface area contributed by atoms with Gasteiger partial charge < -0.3 is 9.31 Å². The number of sulfonamides is 1. The van der Waals surface area contributed by atoms with Gasteiger partial charge in [0.25, 0.3) is 10.0 Å². The van der Waals surface area contributed by atoms with Crippen LogP contribution in [0.4, 0.5) is 10.1 Å². The zero-order valence-corrected chi connectivity index (χ0v) is 16.9. The molecule has 8 heteroatoms. The van der Waals surface area contributed by atoms with Crippen molar-refractivity contribution in [3.8, 4) is 0 Å². The zero-order chi connectivity index (χ0) is 20.0. The van der Waals surface area contributed by atoms with Crippen molar-refractivity contribution in [1.29, 1.82) is 0 Å². The minimum atomic E-state index is -3.78. The van der Waals surface area contributed by atoms with E-state index in [1.807, 2.05) is 34.6 Å². The molecular formula is C19H23BFNO4S. The minimum absolute atomic E-state index is 0.134. The molecule has 0 aromatic heterocycles. The number of rotatable bonds is 4. The monoisotopic (exact) mass is 391 g/mol. The summed E-state index contributed by atoms with van der Waals surface area (Å²) in [5.41, 5.74) is 0.0986. The van der Waals surface area contributed by atoms with E-state index in [9.17, 15) is 12.8 Å². The molecule has 0 radical (unpaired) electrons. The van der Waals surface area contributed by atoms with Gasteiger partial charge in [-0.25, -0.2) is 12.8 Å². The van der Waals surface area contributed by atoms with Gasteiger partial charge in [-0.15, -0.1) is 0 Å². The zero-order valence-electron chi connectivity index (χ0n) is 16.0. The van der Waals surface area contributed by atoms with E-state index in [1.165, 1.54) is 30.3 Å². The van der Waals surface area contributed by atoms with E-state index < -0.39 is 34.2 Å². The molecule has 144 valence electrons. The third-order valence-corrected chi connectivity index (χ3v) is 6.48. The van der Waals surface area contributed by atoms with Crippen molar-refractivity contribution in [2.45, 2.75) is 50.7 Å². The van der Waals surface area contributed by atoms with Crippen molar-refractivity contribution in [2.75, 3.05) is 4.72 Å². The van der Waals surface area contributed by atoms with Gasteiger partial charge in [0.1, 0.15) is 5.82 Å². The van der Waals surface area contributed by atoms with Crippen LogP contribution < -0.4 is 10.2 Å². The van der Waals surface area contributed by atoms with Crippen LogP contribution in [0.1, 0.15) is 33.3 Å². The normalized spacial score (nSPS) is 18.5. The van der Waals surface area contributed by atoms with Crippen molar-refractivity contribution in [3.05, 3.63) is 53.8 Å². The number of nitrogens with one attached hydrogen (secondary N) is 1. The maximum Gasteiger partial charge on any atom is 0.497 e. The molecule has 1 fully saturated rings. The standard InChI is InChI=1S/C19H23BFNO4S/c1-13-6-9-15(10-7-13)27(23,24)22-14-8-11-17(21)16(12-14)20-25-18(2,3)19(4,5)26-20/h6-12,22H,1-5H3. The summed E-state index contributed by atoms with van der Waals surface area (Å²) >= 11 is 0. The molecule has 1 aliphatic rings. The van der Waals surface area contributed by atoms with Crippen LogP contribution >= 0.6 is 0 Å². The summed E-state index contributed by atoms with van der Waals surface area (Å²) in [6.07, 6.45) is 0. The highest BCUT2D eigenvalue weighted by Crippen LogP contribution is 2.36. The molecule has 0 bridgehead atoms. The van der Waals surface area contributed by atoms with Crippen LogP contribution in [0, 0.1) is 12.7 Å². The lowest BCUT2D eigenvalue weighted by molar-refractivity contribution is 0.00578. The molecule has 1 N–H and O–H groups in total. The van der Waals surface area contributed by atoms with Crippen molar-refractivity contribution < 1.29 is 22.1 Å². The smallest absolute Gasteiger partial charge is 0.399 e. The fourth-order valence-corrected chi connectivity index (χ4v) is 3.74.